The average molecular weight is 899 g/mol. The summed E-state index contributed by atoms with van der Waals surface area (Å²) in [7, 11) is 0. The molecular formula is C58H62N2O7. The molecule has 1 heterocycles. The number of carbonyl (C=O) groups is 1. The van der Waals surface area contributed by atoms with E-state index in [1.165, 1.54) is 0 Å². The highest BCUT2D eigenvalue weighted by molar-refractivity contribution is 6.04. The van der Waals surface area contributed by atoms with Crippen molar-refractivity contribution in [2.45, 2.75) is 82.6 Å². The maximum Gasteiger partial charge on any atom is 0.254 e. The summed E-state index contributed by atoms with van der Waals surface area (Å²) in [4.78, 5) is 23.6. The number of amides is 1. The highest BCUT2D eigenvalue weighted by Gasteiger charge is 2.65. The molecule has 3 aliphatic rings. The number of rotatable bonds is 20. The summed E-state index contributed by atoms with van der Waals surface area (Å²) in [5.74, 6) is 0.155. The zero-order valence-electron chi connectivity index (χ0n) is 38.5. The van der Waals surface area contributed by atoms with Gasteiger partial charge >= 0.3 is 0 Å². The molecule has 1 saturated carbocycles. The largest absolute Gasteiger partial charge is 0.459 e. The third-order valence-corrected chi connectivity index (χ3v) is 13.9. The Kier molecular flexibility index (Phi) is 14.5. The number of aliphatic hydroxyl groups is 2. The Morgan fingerprint density at radius 1 is 0.806 bits per heavy atom. The molecule has 1 amide bonds. The zero-order valence-corrected chi connectivity index (χ0v) is 38.5. The second kappa shape index (κ2) is 21.1. The van der Waals surface area contributed by atoms with Crippen LogP contribution in [0, 0.1) is 17.8 Å². The molecule has 6 aromatic carbocycles. The first-order valence-corrected chi connectivity index (χ1v) is 24.2. The van der Waals surface area contributed by atoms with Gasteiger partial charge in [0, 0.05) is 43.2 Å². The van der Waals surface area contributed by atoms with Crippen molar-refractivity contribution in [1.29, 1.82) is 0 Å². The monoisotopic (exact) mass is 898 g/mol. The standard InChI is InChI=1S/C58H62N2O7/c1-3-30-60(57(63)46-25-24-41-18-8-10-20-43(41)34-46)54-38-52(59-65-39-40-16-6-5-7-17-40)50-36-45(22-12-14-31-61)49(23-13-15-32-62)55-51-37-48(66-47-27-26-42-19-9-11-21-44(42)35-47)28-29-53(51)67-58(54,56(50)55)64-33-4-2/h4-11,16-21,24-29,34-37,45,49,54-56,61-62H,2-3,12-15,22-23,30-33,38-39H2,1H3. The number of allylic oxidation sites excluding steroid dienone is 1. The van der Waals surface area contributed by atoms with Crippen molar-refractivity contribution in [1.82, 2.24) is 4.90 Å². The van der Waals surface area contributed by atoms with Gasteiger partial charge < -0.3 is 34.2 Å². The predicted molar refractivity (Wildman–Crippen MR) is 265 cm³/mol. The lowest BCUT2D eigenvalue weighted by Crippen LogP contribution is -2.70. The molecule has 9 rings (SSSR count). The van der Waals surface area contributed by atoms with Crippen molar-refractivity contribution in [2.75, 3.05) is 26.4 Å². The number of nitrogens with zero attached hydrogens (tertiary/aromatic N) is 2. The lowest BCUT2D eigenvalue weighted by molar-refractivity contribution is -0.254. The molecule has 9 nitrogen and oxygen atoms in total. The van der Waals surface area contributed by atoms with E-state index in [2.05, 4.69) is 56.0 Å². The van der Waals surface area contributed by atoms with Gasteiger partial charge in [0.1, 0.15) is 29.9 Å². The van der Waals surface area contributed by atoms with E-state index in [0.29, 0.717) is 49.3 Å². The summed E-state index contributed by atoms with van der Waals surface area (Å²) >= 11 is 0. The smallest absolute Gasteiger partial charge is 0.254 e. The molecule has 0 radical (unpaired) electrons. The van der Waals surface area contributed by atoms with Crippen LogP contribution in [0.5, 0.6) is 17.2 Å². The molecule has 0 spiro atoms. The highest BCUT2D eigenvalue weighted by atomic mass is 16.7. The molecule has 67 heavy (non-hydrogen) atoms. The summed E-state index contributed by atoms with van der Waals surface area (Å²) in [6.07, 6.45) is 9.87. The minimum atomic E-state index is -1.37. The first-order chi connectivity index (χ1) is 32.9. The summed E-state index contributed by atoms with van der Waals surface area (Å²) < 4.78 is 21.5. The maximum absolute atomic E-state index is 15.4. The number of benzene rings is 6. The van der Waals surface area contributed by atoms with Gasteiger partial charge in [0.05, 0.1) is 18.2 Å². The SMILES string of the molecule is C=CCOC12Oc3ccc(Oc4ccc5ccccc5c4)cc3C3C(CCCCO)C(CCCCO)C=C(C(=NOCc4ccccc4)CC1N(CCC)C(=O)c1ccc4ccccc4c1)C32. The Labute approximate surface area is 394 Å². The topological polar surface area (TPSA) is 110 Å². The van der Waals surface area contributed by atoms with Crippen molar-refractivity contribution in [3.8, 4) is 17.2 Å². The average Bonchev–Trinajstić information content (AvgIpc) is 3.36. The Morgan fingerprint density at radius 3 is 2.21 bits per heavy atom. The lowest BCUT2D eigenvalue weighted by Gasteiger charge is -2.60. The zero-order chi connectivity index (χ0) is 46.2. The van der Waals surface area contributed by atoms with Crippen molar-refractivity contribution in [3.05, 3.63) is 174 Å². The van der Waals surface area contributed by atoms with Crippen molar-refractivity contribution >= 4 is 33.2 Å². The fraction of sp³-hybridized carbons (Fsp3) is 0.345. The van der Waals surface area contributed by atoms with Gasteiger partial charge in [-0.15, -0.1) is 6.58 Å². The lowest BCUT2D eigenvalue weighted by atomic mass is 9.55. The number of ether oxygens (including phenoxy) is 3. The number of hydrogen-bond donors (Lipinski definition) is 2. The van der Waals surface area contributed by atoms with Gasteiger partial charge in [-0.05, 0) is 119 Å². The van der Waals surface area contributed by atoms with Crippen LogP contribution in [0.1, 0.15) is 85.7 Å². The molecule has 1 aliphatic heterocycles. The molecule has 6 unspecified atom stereocenters. The molecule has 6 atom stereocenters. The minimum absolute atomic E-state index is 0.0744. The third-order valence-electron chi connectivity index (χ3n) is 13.9. The highest BCUT2D eigenvalue weighted by Crippen LogP contribution is 2.62. The van der Waals surface area contributed by atoms with Crippen LogP contribution in [-0.2, 0) is 16.2 Å². The van der Waals surface area contributed by atoms with Crippen LogP contribution < -0.4 is 9.47 Å². The van der Waals surface area contributed by atoms with Crippen molar-refractivity contribution in [3.63, 3.8) is 0 Å². The van der Waals surface area contributed by atoms with Crippen LogP contribution in [0.2, 0.25) is 0 Å². The summed E-state index contributed by atoms with van der Waals surface area (Å²) in [5, 5.41) is 29.4. The van der Waals surface area contributed by atoms with E-state index in [1.807, 2.05) is 102 Å². The molecule has 6 aromatic rings. The van der Waals surface area contributed by atoms with Crippen LogP contribution >= 0.6 is 0 Å². The molecule has 0 bridgehead atoms. The Morgan fingerprint density at radius 2 is 1.48 bits per heavy atom. The van der Waals surface area contributed by atoms with Crippen LogP contribution in [0.25, 0.3) is 21.5 Å². The summed E-state index contributed by atoms with van der Waals surface area (Å²) in [6.45, 7) is 7.33. The van der Waals surface area contributed by atoms with E-state index < -0.39 is 17.7 Å². The molecule has 1 fully saturated rings. The summed E-state index contributed by atoms with van der Waals surface area (Å²) in [6, 6.07) is 43.9. The molecule has 0 aromatic heterocycles. The Bertz CT molecular complexity index is 2730. The minimum Gasteiger partial charge on any atom is -0.459 e. The Hall–Kier alpha value is -6.26. The number of aliphatic hydroxyl groups excluding tert-OH is 2. The molecule has 346 valence electrons. The van der Waals surface area contributed by atoms with Crippen LogP contribution in [0.4, 0.5) is 0 Å². The number of oxime groups is 1. The van der Waals surface area contributed by atoms with E-state index in [1.54, 1.807) is 6.08 Å². The molecule has 0 saturated heterocycles. The molecule has 2 N–H and O–H groups in total. The van der Waals surface area contributed by atoms with Gasteiger partial charge in [0.25, 0.3) is 5.91 Å². The fourth-order valence-electron chi connectivity index (χ4n) is 11.0. The number of hydrogen-bond acceptors (Lipinski definition) is 8. The summed E-state index contributed by atoms with van der Waals surface area (Å²) in [5.41, 5.74) is 4.34. The van der Waals surface area contributed by atoms with Gasteiger partial charge in [-0.1, -0.05) is 128 Å². The number of carbonyl (C=O) groups excluding carboxylic acids is 1. The van der Waals surface area contributed by atoms with E-state index in [0.717, 1.165) is 75.4 Å². The quantitative estimate of drug-likeness (QED) is 0.0446. The third kappa shape index (κ3) is 9.64. The van der Waals surface area contributed by atoms with Crippen LogP contribution in [0.15, 0.2) is 163 Å². The molecule has 9 heteroatoms. The first-order valence-electron chi connectivity index (χ1n) is 24.2. The van der Waals surface area contributed by atoms with E-state index in [-0.39, 0.29) is 50.1 Å². The number of unbranched alkanes of at least 4 members (excludes halogenated alkanes) is 2. The molecular weight excluding hydrogens is 837 g/mol. The van der Waals surface area contributed by atoms with Crippen molar-refractivity contribution in [2.24, 2.45) is 22.9 Å². The normalized spacial score (nSPS) is 22.3. The van der Waals surface area contributed by atoms with Gasteiger partial charge in [-0.25, -0.2) is 0 Å². The fourth-order valence-corrected chi connectivity index (χ4v) is 11.0. The number of fused-ring (bicyclic) bond motifs is 4. The first kappa shape index (κ1) is 45.9. The van der Waals surface area contributed by atoms with Gasteiger partial charge in [0.15, 0.2) is 0 Å². The molecule has 2 aliphatic carbocycles. The second-order valence-electron chi connectivity index (χ2n) is 18.2. The Balaban J connectivity index is 1.23. The predicted octanol–water partition coefficient (Wildman–Crippen LogP) is 12.2. The van der Waals surface area contributed by atoms with Crippen LogP contribution in [-0.4, -0.2) is 64.9 Å². The van der Waals surface area contributed by atoms with Gasteiger partial charge in [0.2, 0.25) is 5.79 Å². The van der Waals surface area contributed by atoms with E-state index in [9.17, 15) is 10.2 Å². The van der Waals surface area contributed by atoms with Crippen LogP contribution in [0.3, 0.4) is 0 Å². The second-order valence-corrected chi connectivity index (χ2v) is 18.2. The maximum atomic E-state index is 15.4. The van der Waals surface area contributed by atoms with E-state index >= 15 is 4.79 Å². The van der Waals surface area contributed by atoms with Gasteiger partial charge in [-0.3, -0.25) is 4.79 Å². The van der Waals surface area contributed by atoms with E-state index in [4.69, 9.17) is 24.2 Å². The van der Waals surface area contributed by atoms with Gasteiger partial charge in [-0.2, -0.15) is 0 Å². The van der Waals surface area contributed by atoms with Crippen molar-refractivity contribution < 1.29 is 34.1 Å².